The minimum atomic E-state index is 0.155. The monoisotopic (exact) mass is 843 g/mol. The standard InChI is InChI=1S/C65H49N/c1-2-15-48(16-3-1)55-18-6-7-19-56(55)57-20-8-9-21-58(57)61-23-11-13-25-64(61)66(53-35-29-46(30-36-53)50-28-27-45-14-4-5-17-49(45)41-50)54-37-31-47(32-38-54)51-33-39-60-59-22-10-12-24-62(59)65(63(60)42-51)43-44-26-34-52(65)40-44/h1-25,27-33,35-39,41-42,44,52H,26,34,40,43H2. The van der Waals surface area contributed by atoms with E-state index in [4.69, 9.17) is 0 Å². The summed E-state index contributed by atoms with van der Waals surface area (Å²) >= 11 is 0. The van der Waals surface area contributed by atoms with Gasteiger partial charge in [-0.1, -0.05) is 201 Å². The van der Waals surface area contributed by atoms with Crippen molar-refractivity contribution < 1.29 is 0 Å². The molecule has 2 saturated carbocycles. The van der Waals surface area contributed by atoms with E-state index in [1.54, 1.807) is 11.1 Å². The van der Waals surface area contributed by atoms with E-state index in [9.17, 15) is 0 Å². The van der Waals surface area contributed by atoms with Crippen molar-refractivity contribution in [2.24, 2.45) is 11.8 Å². The molecule has 1 nitrogen and oxygen atoms in total. The predicted octanol–water partition coefficient (Wildman–Crippen LogP) is 17.7. The van der Waals surface area contributed by atoms with Crippen LogP contribution in [0.15, 0.2) is 237 Å². The summed E-state index contributed by atoms with van der Waals surface area (Å²) in [6, 6.07) is 87.9. The van der Waals surface area contributed by atoms with Gasteiger partial charge in [0.05, 0.1) is 5.69 Å². The molecule has 314 valence electrons. The number of rotatable bonds is 8. The second-order valence-electron chi connectivity index (χ2n) is 18.8. The van der Waals surface area contributed by atoms with Crippen molar-refractivity contribution in [2.45, 2.75) is 31.1 Å². The Kier molecular flexibility index (Phi) is 9.24. The van der Waals surface area contributed by atoms with Gasteiger partial charge in [-0.05, 0) is 157 Å². The third kappa shape index (κ3) is 6.29. The van der Waals surface area contributed by atoms with Gasteiger partial charge in [0.2, 0.25) is 0 Å². The van der Waals surface area contributed by atoms with E-state index in [0.717, 1.165) is 28.9 Å². The van der Waals surface area contributed by atoms with Crippen molar-refractivity contribution >= 4 is 27.8 Å². The molecule has 0 amide bonds. The van der Waals surface area contributed by atoms with Crippen molar-refractivity contribution in [3.63, 3.8) is 0 Å². The first-order chi connectivity index (χ1) is 32.7. The molecular weight excluding hydrogens is 795 g/mol. The fourth-order valence-electron chi connectivity index (χ4n) is 12.4. The molecule has 0 saturated heterocycles. The molecule has 3 aliphatic rings. The molecule has 0 heterocycles. The first kappa shape index (κ1) is 38.7. The fraction of sp³-hybridized carbons (Fsp3) is 0.108. The topological polar surface area (TPSA) is 3.24 Å². The molecule has 10 aromatic carbocycles. The zero-order chi connectivity index (χ0) is 43.6. The molecule has 0 radical (unpaired) electrons. The minimum absolute atomic E-state index is 0.155. The lowest BCUT2D eigenvalue weighted by atomic mass is 9.66. The van der Waals surface area contributed by atoms with Crippen LogP contribution in [0.25, 0.3) is 77.5 Å². The van der Waals surface area contributed by atoms with E-state index in [1.807, 2.05) is 0 Å². The van der Waals surface area contributed by atoms with Crippen LogP contribution < -0.4 is 4.90 Å². The van der Waals surface area contributed by atoms with E-state index >= 15 is 0 Å². The van der Waals surface area contributed by atoms with E-state index in [1.165, 1.54) is 103 Å². The number of anilines is 3. The second kappa shape index (κ2) is 15.8. The summed E-state index contributed by atoms with van der Waals surface area (Å²) in [5.74, 6) is 1.58. The number of fused-ring (bicyclic) bond motifs is 9. The Morgan fingerprint density at radius 2 is 0.848 bits per heavy atom. The van der Waals surface area contributed by atoms with Crippen molar-refractivity contribution in [1.29, 1.82) is 0 Å². The molecule has 3 aliphatic carbocycles. The number of nitrogens with zero attached hydrogens (tertiary/aromatic N) is 1. The third-order valence-corrected chi connectivity index (χ3v) is 15.4. The summed E-state index contributed by atoms with van der Waals surface area (Å²) in [7, 11) is 0. The Morgan fingerprint density at radius 1 is 0.333 bits per heavy atom. The summed E-state index contributed by atoms with van der Waals surface area (Å²) in [5, 5.41) is 2.51. The van der Waals surface area contributed by atoms with Gasteiger partial charge in [-0.2, -0.15) is 0 Å². The van der Waals surface area contributed by atoms with E-state index < -0.39 is 0 Å². The van der Waals surface area contributed by atoms with Crippen molar-refractivity contribution in [3.8, 4) is 66.8 Å². The van der Waals surface area contributed by atoms with Crippen LogP contribution in [0.1, 0.15) is 36.8 Å². The molecule has 66 heavy (non-hydrogen) atoms. The number of hydrogen-bond donors (Lipinski definition) is 0. The minimum Gasteiger partial charge on any atom is -0.310 e. The Labute approximate surface area is 388 Å². The number of para-hydroxylation sites is 1. The predicted molar refractivity (Wildman–Crippen MR) is 277 cm³/mol. The highest BCUT2D eigenvalue weighted by Gasteiger charge is 2.56. The van der Waals surface area contributed by atoms with Gasteiger partial charge in [-0.25, -0.2) is 0 Å². The zero-order valence-corrected chi connectivity index (χ0v) is 36.9. The van der Waals surface area contributed by atoms with Crippen LogP contribution in [0.3, 0.4) is 0 Å². The van der Waals surface area contributed by atoms with Crippen LogP contribution in [-0.2, 0) is 5.41 Å². The molecule has 13 rings (SSSR count). The molecule has 2 bridgehead atoms. The highest BCUT2D eigenvalue weighted by molar-refractivity contribution is 5.97. The van der Waals surface area contributed by atoms with Crippen LogP contribution in [0.4, 0.5) is 17.1 Å². The van der Waals surface area contributed by atoms with Gasteiger partial charge >= 0.3 is 0 Å². The molecule has 0 N–H and O–H groups in total. The van der Waals surface area contributed by atoms with E-state index in [0.29, 0.717) is 0 Å². The quantitative estimate of drug-likeness (QED) is 0.147. The van der Waals surface area contributed by atoms with Crippen molar-refractivity contribution in [1.82, 2.24) is 0 Å². The van der Waals surface area contributed by atoms with Crippen LogP contribution in [0, 0.1) is 11.8 Å². The molecule has 3 atom stereocenters. The van der Waals surface area contributed by atoms with E-state index in [2.05, 4.69) is 241 Å². The summed E-state index contributed by atoms with van der Waals surface area (Å²) in [5.41, 5.74) is 21.7. The summed E-state index contributed by atoms with van der Waals surface area (Å²) in [4.78, 5) is 2.45. The fourth-order valence-corrected chi connectivity index (χ4v) is 12.4. The van der Waals surface area contributed by atoms with Gasteiger partial charge in [0, 0.05) is 22.4 Å². The largest absolute Gasteiger partial charge is 0.310 e. The maximum Gasteiger partial charge on any atom is 0.0540 e. The zero-order valence-electron chi connectivity index (χ0n) is 36.9. The molecule has 2 fully saturated rings. The first-order valence-electron chi connectivity index (χ1n) is 23.8. The van der Waals surface area contributed by atoms with E-state index in [-0.39, 0.29) is 5.41 Å². The van der Waals surface area contributed by atoms with Crippen molar-refractivity contribution in [3.05, 3.63) is 248 Å². The number of hydrogen-bond acceptors (Lipinski definition) is 1. The highest BCUT2D eigenvalue weighted by Crippen LogP contribution is 2.66. The normalized spacial score (nSPS) is 17.8. The smallest absolute Gasteiger partial charge is 0.0540 e. The third-order valence-electron chi connectivity index (χ3n) is 15.4. The van der Waals surface area contributed by atoms with Gasteiger partial charge in [0.1, 0.15) is 0 Å². The highest BCUT2D eigenvalue weighted by atomic mass is 15.1. The Hall–Kier alpha value is -7.74. The maximum atomic E-state index is 2.56. The second-order valence-corrected chi connectivity index (χ2v) is 18.8. The Balaban J connectivity index is 0.930. The lowest BCUT2D eigenvalue weighted by molar-refractivity contribution is 0.327. The molecule has 10 aromatic rings. The maximum absolute atomic E-state index is 2.56. The van der Waals surface area contributed by atoms with Crippen LogP contribution in [0.2, 0.25) is 0 Å². The molecule has 3 unspecified atom stereocenters. The Bertz CT molecular complexity index is 3440. The molecule has 1 spiro atoms. The molecule has 0 aromatic heterocycles. The van der Waals surface area contributed by atoms with Crippen molar-refractivity contribution in [2.75, 3.05) is 4.90 Å². The molecule has 0 aliphatic heterocycles. The average molecular weight is 844 g/mol. The average Bonchev–Trinajstić information content (AvgIpc) is 4.09. The van der Waals surface area contributed by atoms with Crippen LogP contribution in [0.5, 0.6) is 0 Å². The van der Waals surface area contributed by atoms with Crippen LogP contribution >= 0.6 is 0 Å². The first-order valence-corrected chi connectivity index (χ1v) is 23.8. The van der Waals surface area contributed by atoms with Gasteiger partial charge in [-0.3, -0.25) is 0 Å². The van der Waals surface area contributed by atoms with Gasteiger partial charge in [0.25, 0.3) is 0 Å². The lowest BCUT2D eigenvalue weighted by Crippen LogP contribution is -2.31. The van der Waals surface area contributed by atoms with Gasteiger partial charge < -0.3 is 4.90 Å². The van der Waals surface area contributed by atoms with Crippen LogP contribution in [-0.4, -0.2) is 0 Å². The van der Waals surface area contributed by atoms with Gasteiger partial charge in [-0.15, -0.1) is 0 Å². The summed E-state index contributed by atoms with van der Waals surface area (Å²) in [6.45, 7) is 0. The van der Waals surface area contributed by atoms with Gasteiger partial charge in [0.15, 0.2) is 0 Å². The Morgan fingerprint density at radius 3 is 1.53 bits per heavy atom. The molecule has 1 heteroatoms. The number of benzene rings is 10. The lowest BCUT2D eigenvalue weighted by Gasteiger charge is -2.36. The SMILES string of the molecule is c1ccc(-c2ccccc2-c2ccccc2-c2ccccc2N(c2ccc(-c3ccc4c(c3)C3(CC5CCC3C5)c3ccccc3-4)cc2)c2ccc(-c3ccc4ccccc4c3)cc2)cc1. The summed E-state index contributed by atoms with van der Waals surface area (Å²) in [6.07, 6.45) is 5.40. The molecular formula is C65H49N. The summed E-state index contributed by atoms with van der Waals surface area (Å²) < 4.78 is 0.